The number of hydrogen-bond donors (Lipinski definition) is 3. The molecule has 0 saturated carbocycles. The standard InChI is InChI=1S/C16H27FN4O3S/c1-4-18-16(19-9-10-21-25(22,23)5-2)20-12-13(3)24-15-8-6-7-14(17)11-15/h6-8,11,13,21H,4-5,9-10,12H2,1-3H3,(H2,18,19,20). The van der Waals surface area contributed by atoms with Gasteiger partial charge in [-0.25, -0.2) is 22.5 Å². The Bertz CT molecular complexity index is 653. The summed E-state index contributed by atoms with van der Waals surface area (Å²) in [6.45, 7) is 7.08. The Morgan fingerprint density at radius 3 is 2.68 bits per heavy atom. The van der Waals surface area contributed by atoms with E-state index in [9.17, 15) is 12.8 Å². The summed E-state index contributed by atoms with van der Waals surface area (Å²) < 4.78 is 43.9. The molecule has 9 heteroatoms. The number of guanidine groups is 1. The SMILES string of the molecule is CCNC(=NCC(C)Oc1cccc(F)c1)NCCNS(=O)(=O)CC. The van der Waals surface area contributed by atoms with Crippen LogP contribution in [0.15, 0.2) is 29.3 Å². The highest BCUT2D eigenvalue weighted by Crippen LogP contribution is 2.13. The van der Waals surface area contributed by atoms with E-state index in [1.807, 2.05) is 13.8 Å². The lowest BCUT2D eigenvalue weighted by Gasteiger charge is -2.15. The van der Waals surface area contributed by atoms with Crippen LogP contribution in [0.3, 0.4) is 0 Å². The third kappa shape index (κ3) is 9.25. The minimum atomic E-state index is -3.19. The molecule has 0 spiro atoms. The zero-order chi connectivity index (χ0) is 18.7. The minimum Gasteiger partial charge on any atom is -0.489 e. The normalized spacial score (nSPS) is 13.4. The lowest BCUT2D eigenvalue weighted by Crippen LogP contribution is -2.42. The van der Waals surface area contributed by atoms with E-state index < -0.39 is 10.0 Å². The summed E-state index contributed by atoms with van der Waals surface area (Å²) in [6.07, 6.45) is -0.240. The molecular weight excluding hydrogens is 347 g/mol. The Balaban J connectivity index is 2.45. The van der Waals surface area contributed by atoms with Gasteiger partial charge in [0.15, 0.2) is 5.96 Å². The number of halogens is 1. The van der Waals surface area contributed by atoms with Crippen LogP contribution in [0.2, 0.25) is 0 Å². The van der Waals surface area contributed by atoms with E-state index in [1.165, 1.54) is 12.1 Å². The maximum atomic E-state index is 13.1. The first kappa shape index (κ1) is 21.2. The van der Waals surface area contributed by atoms with Crippen molar-refractivity contribution >= 4 is 16.0 Å². The lowest BCUT2D eigenvalue weighted by molar-refractivity contribution is 0.229. The van der Waals surface area contributed by atoms with Crippen molar-refractivity contribution in [3.63, 3.8) is 0 Å². The number of nitrogens with zero attached hydrogens (tertiary/aromatic N) is 1. The molecule has 0 aliphatic carbocycles. The molecule has 1 rings (SSSR count). The molecule has 0 fully saturated rings. The monoisotopic (exact) mass is 374 g/mol. The van der Waals surface area contributed by atoms with Gasteiger partial charge in [-0.05, 0) is 32.9 Å². The van der Waals surface area contributed by atoms with Gasteiger partial charge in [0.1, 0.15) is 17.7 Å². The molecule has 0 bridgehead atoms. The van der Waals surface area contributed by atoms with Crippen molar-refractivity contribution < 1.29 is 17.5 Å². The van der Waals surface area contributed by atoms with Crippen LogP contribution in [0.4, 0.5) is 4.39 Å². The maximum Gasteiger partial charge on any atom is 0.211 e. The molecule has 3 N–H and O–H groups in total. The van der Waals surface area contributed by atoms with Gasteiger partial charge >= 0.3 is 0 Å². The second-order valence-corrected chi connectivity index (χ2v) is 7.43. The molecule has 0 aliphatic heterocycles. The highest BCUT2D eigenvalue weighted by molar-refractivity contribution is 7.89. The first-order valence-electron chi connectivity index (χ1n) is 8.28. The molecule has 0 saturated heterocycles. The molecule has 1 unspecified atom stereocenters. The number of rotatable bonds is 10. The quantitative estimate of drug-likeness (QED) is 0.324. The second-order valence-electron chi connectivity index (χ2n) is 5.33. The van der Waals surface area contributed by atoms with Crippen LogP contribution >= 0.6 is 0 Å². The molecule has 0 aromatic heterocycles. The summed E-state index contributed by atoms with van der Waals surface area (Å²) in [7, 11) is -3.19. The Labute approximate surface area is 149 Å². The molecule has 1 aromatic carbocycles. The molecule has 0 amide bonds. The van der Waals surface area contributed by atoms with E-state index in [1.54, 1.807) is 19.1 Å². The summed E-state index contributed by atoms with van der Waals surface area (Å²) in [5, 5.41) is 6.11. The highest BCUT2D eigenvalue weighted by Gasteiger charge is 2.07. The van der Waals surface area contributed by atoms with Gasteiger partial charge in [0.05, 0.1) is 12.3 Å². The van der Waals surface area contributed by atoms with Crippen LogP contribution in [0.5, 0.6) is 5.75 Å². The highest BCUT2D eigenvalue weighted by atomic mass is 32.2. The Hall–Kier alpha value is -1.87. The van der Waals surface area contributed by atoms with Crippen molar-refractivity contribution in [2.75, 3.05) is 31.9 Å². The first-order valence-corrected chi connectivity index (χ1v) is 9.93. The van der Waals surface area contributed by atoms with E-state index in [0.29, 0.717) is 31.3 Å². The van der Waals surface area contributed by atoms with Crippen LogP contribution in [-0.4, -0.2) is 52.4 Å². The van der Waals surface area contributed by atoms with Gasteiger partial charge in [-0.3, -0.25) is 0 Å². The second kappa shape index (κ2) is 10.9. The minimum absolute atomic E-state index is 0.0517. The molecule has 142 valence electrons. The summed E-state index contributed by atoms with van der Waals surface area (Å²) in [4.78, 5) is 4.38. The van der Waals surface area contributed by atoms with Crippen LogP contribution in [0, 0.1) is 5.82 Å². The fraction of sp³-hybridized carbons (Fsp3) is 0.562. The zero-order valence-corrected chi connectivity index (χ0v) is 15.7. The Kier molecular flexibility index (Phi) is 9.22. The smallest absolute Gasteiger partial charge is 0.211 e. The van der Waals surface area contributed by atoms with Gasteiger partial charge in [-0.1, -0.05) is 6.07 Å². The van der Waals surface area contributed by atoms with Gasteiger partial charge < -0.3 is 15.4 Å². The first-order chi connectivity index (χ1) is 11.9. The van der Waals surface area contributed by atoms with Crippen molar-refractivity contribution in [1.82, 2.24) is 15.4 Å². The van der Waals surface area contributed by atoms with E-state index in [-0.39, 0.29) is 24.2 Å². The van der Waals surface area contributed by atoms with Gasteiger partial charge in [0, 0.05) is 25.7 Å². The maximum absolute atomic E-state index is 13.1. The van der Waals surface area contributed by atoms with Gasteiger partial charge in [0.25, 0.3) is 0 Å². The predicted molar refractivity (Wildman–Crippen MR) is 97.9 cm³/mol. The zero-order valence-electron chi connectivity index (χ0n) is 14.9. The number of aliphatic imine (C=N–C) groups is 1. The molecular formula is C16H27FN4O3S. The molecule has 0 heterocycles. The Morgan fingerprint density at radius 1 is 1.28 bits per heavy atom. The number of sulfonamides is 1. The summed E-state index contributed by atoms with van der Waals surface area (Å²) >= 11 is 0. The van der Waals surface area contributed by atoms with Crippen molar-refractivity contribution in [3.8, 4) is 5.75 Å². The van der Waals surface area contributed by atoms with Crippen LogP contribution in [0.1, 0.15) is 20.8 Å². The molecule has 7 nitrogen and oxygen atoms in total. The third-order valence-corrected chi connectivity index (χ3v) is 4.51. The lowest BCUT2D eigenvalue weighted by atomic mass is 10.3. The number of ether oxygens (including phenoxy) is 1. The topological polar surface area (TPSA) is 91.8 Å². The molecule has 0 aliphatic rings. The number of benzene rings is 1. The van der Waals surface area contributed by atoms with Crippen molar-refractivity contribution in [3.05, 3.63) is 30.1 Å². The summed E-state index contributed by atoms with van der Waals surface area (Å²) in [6, 6.07) is 5.95. The molecule has 0 radical (unpaired) electrons. The van der Waals surface area contributed by atoms with Crippen LogP contribution < -0.4 is 20.1 Å². The largest absolute Gasteiger partial charge is 0.489 e. The van der Waals surface area contributed by atoms with Crippen LogP contribution in [0.25, 0.3) is 0 Å². The number of nitrogens with one attached hydrogen (secondary N) is 3. The van der Waals surface area contributed by atoms with E-state index in [0.717, 1.165) is 0 Å². The Morgan fingerprint density at radius 2 is 2.04 bits per heavy atom. The van der Waals surface area contributed by atoms with Crippen molar-refractivity contribution in [2.24, 2.45) is 4.99 Å². The molecule has 1 atom stereocenters. The predicted octanol–water partition coefficient (Wildman–Crippen LogP) is 1.09. The number of hydrogen-bond acceptors (Lipinski definition) is 4. The van der Waals surface area contributed by atoms with Crippen molar-refractivity contribution in [2.45, 2.75) is 26.9 Å². The molecule has 25 heavy (non-hydrogen) atoms. The van der Waals surface area contributed by atoms with E-state index >= 15 is 0 Å². The fourth-order valence-corrected chi connectivity index (χ4v) is 2.48. The average molecular weight is 374 g/mol. The van der Waals surface area contributed by atoms with E-state index in [2.05, 4.69) is 20.3 Å². The van der Waals surface area contributed by atoms with Gasteiger partial charge in [-0.15, -0.1) is 0 Å². The van der Waals surface area contributed by atoms with Gasteiger partial charge in [0.2, 0.25) is 10.0 Å². The summed E-state index contributed by atoms with van der Waals surface area (Å²) in [5.74, 6) is 0.719. The van der Waals surface area contributed by atoms with Crippen molar-refractivity contribution in [1.29, 1.82) is 0 Å². The third-order valence-electron chi connectivity index (χ3n) is 3.10. The molecule has 1 aromatic rings. The van der Waals surface area contributed by atoms with Gasteiger partial charge in [-0.2, -0.15) is 0 Å². The fourth-order valence-electron chi connectivity index (χ4n) is 1.86. The van der Waals surface area contributed by atoms with E-state index in [4.69, 9.17) is 4.74 Å². The average Bonchev–Trinajstić information content (AvgIpc) is 2.56. The van der Waals surface area contributed by atoms with Crippen LogP contribution in [-0.2, 0) is 10.0 Å². The summed E-state index contributed by atoms with van der Waals surface area (Å²) in [5.41, 5.74) is 0.